The lowest BCUT2D eigenvalue weighted by atomic mass is 10.00. The number of carbonyl (C=O) groups is 3. The zero-order valence-corrected chi connectivity index (χ0v) is 16.1. The Morgan fingerprint density at radius 1 is 1.25 bits per heavy atom. The Hall–Kier alpha value is -3.09. The van der Waals surface area contributed by atoms with Crippen molar-refractivity contribution >= 4 is 17.8 Å². The van der Waals surface area contributed by atoms with E-state index in [4.69, 9.17) is 4.42 Å². The number of hydrogen-bond acceptors (Lipinski definition) is 4. The van der Waals surface area contributed by atoms with E-state index in [0.717, 1.165) is 18.4 Å². The largest absolute Gasteiger partial charge is 0.478 e. The number of carboxylic acids is 1. The molecule has 1 aliphatic heterocycles. The van der Waals surface area contributed by atoms with Crippen molar-refractivity contribution in [3.63, 3.8) is 0 Å². The van der Waals surface area contributed by atoms with Gasteiger partial charge in [-0.2, -0.15) is 0 Å². The summed E-state index contributed by atoms with van der Waals surface area (Å²) in [4.78, 5) is 40.1. The van der Waals surface area contributed by atoms with Crippen LogP contribution in [0.1, 0.15) is 52.7 Å². The monoisotopic (exact) mass is 384 g/mol. The minimum absolute atomic E-state index is 0.0242. The molecule has 0 bridgehead atoms. The molecule has 1 aliphatic rings. The SMILES string of the molecule is Cc1oc(CN(C)C(=O)C(c2ccccc2)N2CCCCC2=O)cc1C(=O)O. The predicted molar refractivity (Wildman–Crippen MR) is 102 cm³/mol. The quantitative estimate of drug-likeness (QED) is 0.827. The topological polar surface area (TPSA) is 91.1 Å². The summed E-state index contributed by atoms with van der Waals surface area (Å²) in [6.07, 6.45) is 2.15. The third-order valence-electron chi connectivity index (χ3n) is 4.99. The van der Waals surface area contributed by atoms with Gasteiger partial charge in [0.2, 0.25) is 11.8 Å². The first-order valence-electron chi connectivity index (χ1n) is 9.30. The molecule has 28 heavy (non-hydrogen) atoms. The molecule has 1 atom stereocenters. The van der Waals surface area contributed by atoms with Crippen molar-refractivity contribution in [1.29, 1.82) is 0 Å². The van der Waals surface area contributed by atoms with Crippen LogP contribution in [0.3, 0.4) is 0 Å². The summed E-state index contributed by atoms with van der Waals surface area (Å²) in [5, 5.41) is 9.17. The minimum Gasteiger partial charge on any atom is -0.478 e. The summed E-state index contributed by atoms with van der Waals surface area (Å²) in [5.41, 5.74) is 0.845. The van der Waals surface area contributed by atoms with Crippen molar-refractivity contribution in [2.24, 2.45) is 0 Å². The van der Waals surface area contributed by atoms with E-state index in [-0.39, 0.29) is 23.9 Å². The fourth-order valence-corrected chi connectivity index (χ4v) is 3.55. The van der Waals surface area contributed by atoms with Crippen LogP contribution in [0.25, 0.3) is 0 Å². The first-order valence-corrected chi connectivity index (χ1v) is 9.30. The van der Waals surface area contributed by atoms with Gasteiger partial charge in [0.05, 0.1) is 6.54 Å². The van der Waals surface area contributed by atoms with Gasteiger partial charge in [0, 0.05) is 20.0 Å². The number of likely N-dealkylation sites (N-methyl/N-ethyl adjacent to an activating group) is 1. The average molecular weight is 384 g/mol. The Kier molecular flexibility index (Phi) is 5.82. The Bertz CT molecular complexity index is 874. The molecule has 1 aromatic heterocycles. The molecule has 0 radical (unpaired) electrons. The van der Waals surface area contributed by atoms with E-state index in [9.17, 15) is 19.5 Å². The van der Waals surface area contributed by atoms with E-state index in [2.05, 4.69) is 0 Å². The Balaban J connectivity index is 1.85. The van der Waals surface area contributed by atoms with Gasteiger partial charge >= 0.3 is 5.97 Å². The van der Waals surface area contributed by atoms with Gasteiger partial charge in [0.1, 0.15) is 23.1 Å². The predicted octanol–water partition coefficient (Wildman–Crippen LogP) is 3.00. The Labute approximate surface area is 163 Å². The molecule has 1 fully saturated rings. The summed E-state index contributed by atoms with van der Waals surface area (Å²) in [6, 6.07) is 9.99. The van der Waals surface area contributed by atoms with E-state index >= 15 is 0 Å². The molecule has 148 valence electrons. The maximum Gasteiger partial charge on any atom is 0.339 e. The highest BCUT2D eigenvalue weighted by Gasteiger charge is 2.34. The molecule has 2 heterocycles. The lowest BCUT2D eigenvalue weighted by Gasteiger charge is -2.36. The molecule has 0 saturated carbocycles. The van der Waals surface area contributed by atoms with E-state index < -0.39 is 12.0 Å². The fourth-order valence-electron chi connectivity index (χ4n) is 3.55. The van der Waals surface area contributed by atoms with E-state index in [1.54, 1.807) is 18.9 Å². The van der Waals surface area contributed by atoms with Crippen LogP contribution >= 0.6 is 0 Å². The van der Waals surface area contributed by atoms with Crippen LogP contribution in [0, 0.1) is 6.92 Å². The number of carboxylic acid groups (broad SMARTS) is 1. The van der Waals surface area contributed by atoms with Gasteiger partial charge in [-0.3, -0.25) is 9.59 Å². The Morgan fingerprint density at radius 3 is 2.57 bits per heavy atom. The summed E-state index contributed by atoms with van der Waals surface area (Å²) >= 11 is 0. The smallest absolute Gasteiger partial charge is 0.339 e. The van der Waals surface area contributed by atoms with Crippen LogP contribution in [0.5, 0.6) is 0 Å². The molecular formula is C21H24N2O5. The minimum atomic E-state index is -1.07. The van der Waals surface area contributed by atoms with Gasteiger partial charge in [-0.05, 0) is 31.4 Å². The van der Waals surface area contributed by atoms with Crippen molar-refractivity contribution in [2.45, 2.75) is 38.8 Å². The number of carbonyl (C=O) groups excluding carboxylic acids is 2. The summed E-state index contributed by atoms with van der Waals surface area (Å²) < 4.78 is 5.49. The van der Waals surface area contributed by atoms with E-state index in [0.29, 0.717) is 24.5 Å². The molecule has 2 aromatic rings. The first kappa shape index (κ1) is 19.7. The maximum atomic E-state index is 13.3. The van der Waals surface area contributed by atoms with Gasteiger partial charge in [0.15, 0.2) is 0 Å². The standard InChI is InChI=1S/C21H24N2O5/c1-14-17(21(26)27)12-16(28-14)13-22(2)20(25)19(15-8-4-3-5-9-15)23-11-7-6-10-18(23)24/h3-5,8-9,12,19H,6-7,10-11,13H2,1-2H3,(H,26,27). The number of benzene rings is 1. The van der Waals surface area contributed by atoms with Crippen molar-refractivity contribution in [2.75, 3.05) is 13.6 Å². The molecule has 0 spiro atoms. The number of amides is 2. The molecule has 1 unspecified atom stereocenters. The summed E-state index contributed by atoms with van der Waals surface area (Å²) in [7, 11) is 1.63. The number of furan rings is 1. The highest BCUT2D eigenvalue weighted by atomic mass is 16.4. The second kappa shape index (κ2) is 8.29. The number of aryl methyl sites for hydroxylation is 1. The molecule has 0 aliphatic carbocycles. The molecule has 3 rings (SSSR count). The molecule has 7 heteroatoms. The highest BCUT2D eigenvalue weighted by molar-refractivity contribution is 5.90. The molecule has 1 aromatic carbocycles. The van der Waals surface area contributed by atoms with Gasteiger partial charge < -0.3 is 19.3 Å². The zero-order valence-electron chi connectivity index (χ0n) is 16.1. The number of rotatable bonds is 6. The van der Waals surface area contributed by atoms with Crippen LogP contribution in [0.4, 0.5) is 0 Å². The van der Waals surface area contributed by atoms with Crippen LogP contribution in [-0.2, 0) is 16.1 Å². The van der Waals surface area contributed by atoms with E-state index in [1.165, 1.54) is 11.0 Å². The number of piperidine rings is 1. The molecular weight excluding hydrogens is 360 g/mol. The summed E-state index contributed by atoms with van der Waals surface area (Å²) in [6.45, 7) is 2.24. The van der Waals surface area contributed by atoms with Gasteiger partial charge in [-0.15, -0.1) is 0 Å². The fraction of sp³-hybridized carbons (Fsp3) is 0.381. The molecule has 1 saturated heterocycles. The van der Waals surface area contributed by atoms with Crippen LogP contribution in [0.15, 0.2) is 40.8 Å². The van der Waals surface area contributed by atoms with Crippen molar-refractivity contribution in [3.8, 4) is 0 Å². The average Bonchev–Trinajstić information content (AvgIpc) is 3.04. The van der Waals surface area contributed by atoms with E-state index in [1.807, 2.05) is 30.3 Å². The third-order valence-corrected chi connectivity index (χ3v) is 4.99. The maximum absolute atomic E-state index is 13.3. The number of aromatic carboxylic acids is 1. The van der Waals surface area contributed by atoms with Crippen molar-refractivity contribution in [1.82, 2.24) is 9.80 Å². The second-order valence-corrected chi connectivity index (χ2v) is 7.04. The summed E-state index contributed by atoms with van der Waals surface area (Å²) in [5.74, 6) is -0.629. The number of hydrogen-bond donors (Lipinski definition) is 1. The molecule has 2 amide bonds. The van der Waals surface area contributed by atoms with Crippen LogP contribution < -0.4 is 0 Å². The molecule has 1 N–H and O–H groups in total. The van der Waals surface area contributed by atoms with Crippen molar-refractivity contribution < 1.29 is 23.9 Å². The lowest BCUT2D eigenvalue weighted by molar-refractivity contribution is -0.147. The second-order valence-electron chi connectivity index (χ2n) is 7.04. The van der Waals surface area contributed by atoms with Crippen LogP contribution in [-0.4, -0.2) is 46.3 Å². The number of nitrogens with zero attached hydrogens (tertiary/aromatic N) is 2. The normalized spacial score (nSPS) is 15.4. The third kappa shape index (κ3) is 4.08. The van der Waals surface area contributed by atoms with Crippen molar-refractivity contribution in [3.05, 3.63) is 59.0 Å². The van der Waals surface area contributed by atoms with Gasteiger partial charge in [0.25, 0.3) is 0 Å². The highest BCUT2D eigenvalue weighted by Crippen LogP contribution is 2.28. The van der Waals surface area contributed by atoms with Crippen LogP contribution in [0.2, 0.25) is 0 Å². The first-order chi connectivity index (χ1) is 13.4. The number of likely N-dealkylation sites (tertiary alicyclic amines) is 1. The molecule has 7 nitrogen and oxygen atoms in total. The zero-order chi connectivity index (χ0) is 20.3. The van der Waals surface area contributed by atoms with Gasteiger partial charge in [-0.25, -0.2) is 4.79 Å². The van der Waals surface area contributed by atoms with Gasteiger partial charge in [-0.1, -0.05) is 30.3 Å². The Morgan fingerprint density at radius 2 is 1.96 bits per heavy atom. The lowest BCUT2D eigenvalue weighted by Crippen LogP contribution is -2.46.